The third-order valence-corrected chi connectivity index (χ3v) is 3.95. The van der Waals surface area contributed by atoms with Crippen molar-refractivity contribution >= 4 is 30.0 Å². The highest BCUT2D eigenvalue weighted by Crippen LogP contribution is 2.22. The Morgan fingerprint density at radius 2 is 1.86 bits per heavy atom. The van der Waals surface area contributed by atoms with Gasteiger partial charge in [0, 0.05) is 11.3 Å². The van der Waals surface area contributed by atoms with Gasteiger partial charge in [0.1, 0.15) is 0 Å². The molecule has 1 amide bonds. The van der Waals surface area contributed by atoms with Gasteiger partial charge in [-0.15, -0.1) is 12.4 Å². The lowest BCUT2D eigenvalue weighted by molar-refractivity contribution is -0.142. The quantitative estimate of drug-likeness (QED) is 0.621. The van der Waals surface area contributed by atoms with Crippen molar-refractivity contribution in [3.8, 4) is 0 Å². The zero-order valence-electron chi connectivity index (χ0n) is 13.6. The van der Waals surface area contributed by atoms with Gasteiger partial charge in [-0.1, -0.05) is 19.9 Å². The lowest BCUT2D eigenvalue weighted by atomic mass is 9.88. The fourth-order valence-corrected chi connectivity index (χ4v) is 2.26. The highest BCUT2D eigenvalue weighted by molar-refractivity contribution is 5.97. The van der Waals surface area contributed by atoms with Crippen LogP contribution in [0, 0.1) is 6.92 Å². The van der Waals surface area contributed by atoms with E-state index in [1.54, 1.807) is 12.1 Å². The number of anilines is 1. The maximum absolute atomic E-state index is 12.5. The van der Waals surface area contributed by atoms with Crippen molar-refractivity contribution in [2.45, 2.75) is 45.6 Å². The van der Waals surface area contributed by atoms with E-state index in [2.05, 4.69) is 5.32 Å². The average molecular weight is 329 g/mol. The standard InChI is InChI=1S/C16H24N2O3.ClH/c1-5-16(6-2,10-14(19)21-4)18-15(20)13-9-12(17)8-7-11(13)3;/h7-9H,5-6,10,17H2,1-4H3,(H,18,20);1H. The normalized spacial score (nSPS) is 10.5. The Bertz CT molecular complexity index is 528. The molecule has 0 aromatic heterocycles. The summed E-state index contributed by atoms with van der Waals surface area (Å²) in [5.74, 6) is -0.546. The highest BCUT2D eigenvalue weighted by atomic mass is 35.5. The molecule has 0 radical (unpaired) electrons. The number of carbonyl (C=O) groups excluding carboxylic acids is 2. The molecule has 1 aromatic rings. The first-order valence-electron chi connectivity index (χ1n) is 7.13. The molecule has 0 bridgehead atoms. The third kappa shape index (κ3) is 4.91. The minimum atomic E-state index is -0.596. The Morgan fingerprint density at radius 3 is 2.36 bits per heavy atom. The average Bonchev–Trinajstić information content (AvgIpc) is 2.48. The van der Waals surface area contributed by atoms with Gasteiger partial charge in [-0.05, 0) is 37.5 Å². The van der Waals surface area contributed by atoms with Gasteiger partial charge >= 0.3 is 5.97 Å². The number of methoxy groups -OCH3 is 1. The number of amides is 1. The SMILES string of the molecule is CCC(CC)(CC(=O)OC)NC(=O)c1cc(N)ccc1C.Cl. The molecule has 0 aliphatic carbocycles. The minimum absolute atomic E-state index is 0. The first-order valence-corrected chi connectivity index (χ1v) is 7.13. The fraction of sp³-hybridized carbons (Fsp3) is 0.500. The van der Waals surface area contributed by atoms with Crippen LogP contribution in [0.2, 0.25) is 0 Å². The van der Waals surface area contributed by atoms with Gasteiger partial charge in [-0.25, -0.2) is 0 Å². The highest BCUT2D eigenvalue weighted by Gasteiger charge is 2.32. The Hall–Kier alpha value is -1.75. The number of esters is 1. The van der Waals surface area contributed by atoms with Crippen molar-refractivity contribution in [2.75, 3.05) is 12.8 Å². The second-order valence-corrected chi connectivity index (χ2v) is 5.27. The van der Waals surface area contributed by atoms with Crippen LogP contribution in [-0.4, -0.2) is 24.5 Å². The second kappa shape index (κ2) is 8.63. The molecule has 0 saturated heterocycles. The number of benzene rings is 1. The van der Waals surface area contributed by atoms with Crippen LogP contribution in [0.5, 0.6) is 0 Å². The van der Waals surface area contributed by atoms with E-state index in [9.17, 15) is 9.59 Å². The zero-order valence-corrected chi connectivity index (χ0v) is 14.4. The summed E-state index contributed by atoms with van der Waals surface area (Å²) in [7, 11) is 1.35. The molecule has 0 saturated carbocycles. The molecular weight excluding hydrogens is 304 g/mol. The maximum atomic E-state index is 12.5. The van der Waals surface area contributed by atoms with E-state index in [4.69, 9.17) is 10.5 Å². The molecule has 22 heavy (non-hydrogen) atoms. The summed E-state index contributed by atoms with van der Waals surface area (Å²) in [6, 6.07) is 5.22. The smallest absolute Gasteiger partial charge is 0.307 e. The van der Waals surface area contributed by atoms with E-state index < -0.39 is 5.54 Å². The predicted molar refractivity (Wildman–Crippen MR) is 90.3 cm³/mol. The number of carbonyl (C=O) groups is 2. The Kier molecular flexibility index (Phi) is 7.95. The predicted octanol–water partition coefficient (Wildman–Crippen LogP) is 2.85. The Morgan fingerprint density at radius 1 is 1.27 bits per heavy atom. The van der Waals surface area contributed by atoms with E-state index in [0.717, 1.165) is 5.56 Å². The molecule has 0 spiro atoms. The van der Waals surface area contributed by atoms with Crippen molar-refractivity contribution in [1.29, 1.82) is 0 Å². The van der Waals surface area contributed by atoms with Crippen LogP contribution >= 0.6 is 12.4 Å². The van der Waals surface area contributed by atoms with Crippen molar-refractivity contribution in [3.05, 3.63) is 29.3 Å². The number of aryl methyl sites for hydroxylation is 1. The van der Waals surface area contributed by atoms with E-state index >= 15 is 0 Å². The van der Waals surface area contributed by atoms with Crippen molar-refractivity contribution in [1.82, 2.24) is 5.32 Å². The molecule has 1 aromatic carbocycles. The van der Waals surface area contributed by atoms with Crippen molar-refractivity contribution in [3.63, 3.8) is 0 Å². The molecule has 124 valence electrons. The van der Waals surface area contributed by atoms with Crippen LogP contribution in [0.4, 0.5) is 5.69 Å². The second-order valence-electron chi connectivity index (χ2n) is 5.27. The lowest BCUT2D eigenvalue weighted by Crippen LogP contribution is -2.49. The van der Waals surface area contributed by atoms with Crippen molar-refractivity contribution in [2.24, 2.45) is 0 Å². The number of nitrogens with one attached hydrogen (secondary N) is 1. The van der Waals surface area contributed by atoms with Crippen molar-refractivity contribution < 1.29 is 14.3 Å². The molecule has 3 N–H and O–H groups in total. The molecule has 0 unspecified atom stereocenters. The number of rotatable bonds is 6. The van der Waals surface area contributed by atoms with Gasteiger partial charge in [0.15, 0.2) is 0 Å². The molecule has 0 heterocycles. The van der Waals surface area contributed by atoms with Crippen LogP contribution in [-0.2, 0) is 9.53 Å². The molecule has 6 heteroatoms. The minimum Gasteiger partial charge on any atom is -0.469 e. The number of nitrogen functional groups attached to an aromatic ring is 1. The fourth-order valence-electron chi connectivity index (χ4n) is 2.26. The maximum Gasteiger partial charge on any atom is 0.307 e. The summed E-state index contributed by atoms with van der Waals surface area (Å²) >= 11 is 0. The van der Waals surface area contributed by atoms with Gasteiger partial charge in [-0.3, -0.25) is 9.59 Å². The number of halogens is 1. The first kappa shape index (κ1) is 20.2. The summed E-state index contributed by atoms with van der Waals surface area (Å²) in [6.07, 6.45) is 1.45. The van der Waals surface area contributed by atoms with Crippen LogP contribution in [0.1, 0.15) is 49.0 Å². The topological polar surface area (TPSA) is 81.4 Å². The van der Waals surface area contributed by atoms with Gasteiger partial charge < -0.3 is 15.8 Å². The van der Waals surface area contributed by atoms with Gasteiger partial charge in [-0.2, -0.15) is 0 Å². The summed E-state index contributed by atoms with van der Waals surface area (Å²) in [4.78, 5) is 24.1. The van der Waals surface area contributed by atoms with Gasteiger partial charge in [0.2, 0.25) is 0 Å². The van der Waals surface area contributed by atoms with Gasteiger partial charge in [0.25, 0.3) is 5.91 Å². The third-order valence-electron chi connectivity index (χ3n) is 3.95. The zero-order chi connectivity index (χ0) is 16.0. The summed E-state index contributed by atoms with van der Waals surface area (Å²) < 4.78 is 4.73. The largest absolute Gasteiger partial charge is 0.469 e. The first-order chi connectivity index (χ1) is 9.87. The van der Waals surface area contributed by atoms with E-state index in [1.165, 1.54) is 7.11 Å². The Balaban J connectivity index is 0.00000441. The molecule has 0 aliphatic rings. The van der Waals surface area contributed by atoms with E-state index in [1.807, 2.05) is 26.8 Å². The number of ether oxygens (including phenoxy) is 1. The number of hydrogen-bond acceptors (Lipinski definition) is 4. The number of nitrogens with two attached hydrogens (primary N) is 1. The van der Waals surface area contributed by atoms with Crippen LogP contribution in [0.3, 0.4) is 0 Å². The Labute approximate surface area is 138 Å². The molecule has 0 fully saturated rings. The summed E-state index contributed by atoms with van der Waals surface area (Å²) in [6.45, 7) is 5.74. The summed E-state index contributed by atoms with van der Waals surface area (Å²) in [5, 5.41) is 2.98. The van der Waals surface area contributed by atoms with Gasteiger partial charge in [0.05, 0.1) is 19.1 Å². The number of hydrogen-bond donors (Lipinski definition) is 2. The van der Waals surface area contributed by atoms with E-state index in [0.29, 0.717) is 24.1 Å². The molecule has 5 nitrogen and oxygen atoms in total. The monoisotopic (exact) mass is 328 g/mol. The molecule has 0 aliphatic heterocycles. The molecular formula is C16H25ClN2O3. The lowest BCUT2D eigenvalue weighted by Gasteiger charge is -2.32. The van der Waals surface area contributed by atoms with E-state index in [-0.39, 0.29) is 30.7 Å². The van der Waals surface area contributed by atoms with Crippen LogP contribution in [0.25, 0.3) is 0 Å². The van der Waals surface area contributed by atoms with Crippen LogP contribution < -0.4 is 11.1 Å². The molecule has 0 atom stereocenters. The van der Waals surface area contributed by atoms with Crippen LogP contribution in [0.15, 0.2) is 18.2 Å². The molecule has 1 rings (SSSR count). The summed E-state index contributed by atoms with van der Waals surface area (Å²) in [5.41, 5.74) is 7.07.